The van der Waals surface area contributed by atoms with Gasteiger partial charge < -0.3 is 4.74 Å². The molecule has 1 aliphatic heterocycles. The predicted octanol–water partition coefficient (Wildman–Crippen LogP) is 4.79. The van der Waals surface area contributed by atoms with Crippen LogP contribution in [-0.4, -0.2) is 28.7 Å². The van der Waals surface area contributed by atoms with Crippen molar-refractivity contribution in [3.63, 3.8) is 0 Å². The molecular formula is C26H20F2N4O3. The van der Waals surface area contributed by atoms with Gasteiger partial charge in [-0.25, -0.2) is 23.7 Å². The second-order valence-corrected chi connectivity index (χ2v) is 8.10. The van der Waals surface area contributed by atoms with Crippen LogP contribution in [0.25, 0.3) is 21.9 Å². The van der Waals surface area contributed by atoms with Crippen molar-refractivity contribution in [2.45, 2.75) is 19.8 Å². The number of aromatic amines is 1. The summed E-state index contributed by atoms with van der Waals surface area (Å²) in [4.78, 5) is 28.2. The van der Waals surface area contributed by atoms with E-state index < -0.39 is 23.3 Å². The Morgan fingerprint density at radius 2 is 1.94 bits per heavy atom. The summed E-state index contributed by atoms with van der Waals surface area (Å²) in [6, 6.07) is 14.1. The van der Waals surface area contributed by atoms with Crippen molar-refractivity contribution in [2.75, 3.05) is 6.61 Å². The minimum Gasteiger partial charge on any atom is -0.450 e. The van der Waals surface area contributed by atoms with Crippen molar-refractivity contribution in [1.82, 2.24) is 15.5 Å². The number of amides is 1. The van der Waals surface area contributed by atoms with Crippen LogP contribution < -0.4 is 10.9 Å². The van der Waals surface area contributed by atoms with E-state index in [1.165, 1.54) is 24.3 Å². The number of aliphatic imine (C=N–C) groups is 1. The van der Waals surface area contributed by atoms with Crippen LogP contribution in [0.3, 0.4) is 0 Å². The van der Waals surface area contributed by atoms with Gasteiger partial charge in [-0.2, -0.15) is 5.10 Å². The van der Waals surface area contributed by atoms with Gasteiger partial charge >= 0.3 is 6.09 Å². The van der Waals surface area contributed by atoms with Gasteiger partial charge in [-0.05, 0) is 60.0 Å². The fourth-order valence-corrected chi connectivity index (χ4v) is 4.13. The maximum atomic E-state index is 14.8. The summed E-state index contributed by atoms with van der Waals surface area (Å²) < 4.78 is 33.3. The van der Waals surface area contributed by atoms with Gasteiger partial charge in [0, 0.05) is 23.8 Å². The number of amidine groups is 1. The van der Waals surface area contributed by atoms with Crippen LogP contribution in [-0.2, 0) is 17.6 Å². The highest BCUT2D eigenvalue weighted by Crippen LogP contribution is 2.33. The second-order valence-electron chi connectivity index (χ2n) is 8.10. The summed E-state index contributed by atoms with van der Waals surface area (Å²) in [5, 5.41) is 9.89. The monoisotopic (exact) mass is 474 g/mol. The first-order valence-corrected chi connectivity index (χ1v) is 11.0. The molecule has 0 aliphatic carbocycles. The normalized spacial score (nSPS) is 12.4. The number of nitrogens with zero attached hydrogens (tertiary/aromatic N) is 2. The van der Waals surface area contributed by atoms with E-state index in [1.807, 2.05) is 6.07 Å². The molecule has 3 aromatic carbocycles. The lowest BCUT2D eigenvalue weighted by atomic mass is 9.97. The van der Waals surface area contributed by atoms with Crippen molar-refractivity contribution in [3.05, 3.63) is 93.4 Å². The Kier molecular flexibility index (Phi) is 5.82. The van der Waals surface area contributed by atoms with Gasteiger partial charge in [0.1, 0.15) is 17.5 Å². The third-order valence-corrected chi connectivity index (χ3v) is 5.76. The topological polar surface area (TPSA) is 96.4 Å². The Hall–Kier alpha value is -4.40. The molecule has 0 atom stereocenters. The van der Waals surface area contributed by atoms with Crippen molar-refractivity contribution >= 4 is 28.4 Å². The summed E-state index contributed by atoms with van der Waals surface area (Å²) in [6.07, 6.45) is 0.190. The van der Waals surface area contributed by atoms with Gasteiger partial charge in [0.2, 0.25) is 0 Å². The SMILES string of the molecule is CCOC(=O)NC1=Nc2cc(-c3cc(Cc4n[nH]c(=O)c5cc(F)ccc45)ccc3F)ccc2C1. The molecule has 0 saturated heterocycles. The molecule has 7 nitrogen and oxygen atoms in total. The molecule has 1 amide bonds. The second kappa shape index (κ2) is 9.09. The third kappa shape index (κ3) is 4.52. The molecule has 0 saturated carbocycles. The van der Waals surface area contributed by atoms with Crippen molar-refractivity contribution in [2.24, 2.45) is 4.99 Å². The average molecular weight is 474 g/mol. The molecule has 0 spiro atoms. The minimum atomic E-state index is -0.566. The van der Waals surface area contributed by atoms with Gasteiger partial charge in [0.15, 0.2) is 0 Å². The molecule has 0 fully saturated rings. The summed E-state index contributed by atoms with van der Waals surface area (Å²) in [7, 11) is 0. The van der Waals surface area contributed by atoms with Crippen molar-refractivity contribution in [1.29, 1.82) is 0 Å². The van der Waals surface area contributed by atoms with E-state index in [4.69, 9.17) is 4.74 Å². The quantitative estimate of drug-likeness (QED) is 0.445. The van der Waals surface area contributed by atoms with E-state index in [0.29, 0.717) is 46.6 Å². The number of hydrogen-bond donors (Lipinski definition) is 2. The molecule has 2 heterocycles. The minimum absolute atomic E-state index is 0.209. The van der Waals surface area contributed by atoms with Gasteiger partial charge in [0.05, 0.1) is 23.4 Å². The Labute approximate surface area is 198 Å². The standard InChI is InChI=1S/C26H20F2N4O3/c1-2-35-26(34)30-24-12-16-5-4-15(11-22(16)29-24)19-9-14(3-8-21(19)28)10-23-18-7-6-17(27)13-20(18)25(33)32-31-23/h3-9,11,13H,2,10,12H2,1H3,(H,32,33)(H,29,30,34). The highest BCUT2D eigenvalue weighted by atomic mass is 19.1. The summed E-state index contributed by atoms with van der Waals surface area (Å²) in [5.74, 6) is -0.441. The number of ether oxygens (including phenoxy) is 1. The van der Waals surface area contributed by atoms with Crippen LogP contribution in [0.1, 0.15) is 23.7 Å². The van der Waals surface area contributed by atoms with Crippen LogP contribution >= 0.6 is 0 Å². The third-order valence-electron chi connectivity index (χ3n) is 5.76. The van der Waals surface area contributed by atoms with E-state index in [1.54, 1.807) is 31.2 Å². The molecule has 2 N–H and O–H groups in total. The van der Waals surface area contributed by atoms with Crippen LogP contribution in [0.15, 0.2) is 64.4 Å². The lowest BCUT2D eigenvalue weighted by Gasteiger charge is -2.10. The Morgan fingerprint density at radius 1 is 1.09 bits per heavy atom. The van der Waals surface area contributed by atoms with Gasteiger partial charge in [-0.1, -0.05) is 18.2 Å². The van der Waals surface area contributed by atoms with Gasteiger partial charge in [-0.3, -0.25) is 10.1 Å². The summed E-state index contributed by atoms with van der Waals surface area (Å²) in [5.41, 5.74) is 3.41. The Bertz CT molecular complexity index is 1560. The number of carbonyl (C=O) groups excluding carboxylic acids is 1. The number of fused-ring (bicyclic) bond motifs is 2. The number of alkyl carbamates (subject to hydrolysis) is 1. The Balaban J connectivity index is 1.45. The number of carbonyl (C=O) groups is 1. The number of halogens is 2. The average Bonchev–Trinajstić information content (AvgIpc) is 3.23. The first-order chi connectivity index (χ1) is 16.9. The van der Waals surface area contributed by atoms with Crippen LogP contribution in [0.2, 0.25) is 0 Å². The number of aromatic nitrogens is 2. The number of H-pyrrole nitrogens is 1. The smallest absolute Gasteiger partial charge is 0.412 e. The number of benzene rings is 3. The zero-order valence-corrected chi connectivity index (χ0v) is 18.7. The first-order valence-electron chi connectivity index (χ1n) is 11.0. The van der Waals surface area contributed by atoms with Crippen molar-refractivity contribution < 1.29 is 18.3 Å². The van der Waals surface area contributed by atoms with Gasteiger partial charge in [0.25, 0.3) is 5.56 Å². The lowest BCUT2D eigenvalue weighted by Crippen LogP contribution is -2.30. The molecule has 0 radical (unpaired) electrons. The highest BCUT2D eigenvalue weighted by Gasteiger charge is 2.19. The first kappa shape index (κ1) is 22.4. The zero-order valence-electron chi connectivity index (χ0n) is 18.7. The predicted molar refractivity (Wildman–Crippen MR) is 128 cm³/mol. The van der Waals surface area contributed by atoms with E-state index >= 15 is 0 Å². The van der Waals surface area contributed by atoms with E-state index in [9.17, 15) is 18.4 Å². The fourth-order valence-electron chi connectivity index (χ4n) is 4.13. The van der Waals surface area contributed by atoms with Crippen molar-refractivity contribution in [3.8, 4) is 11.1 Å². The zero-order chi connectivity index (χ0) is 24.5. The molecule has 176 valence electrons. The summed E-state index contributed by atoms with van der Waals surface area (Å²) >= 11 is 0. The van der Waals surface area contributed by atoms with Crippen LogP contribution in [0, 0.1) is 11.6 Å². The highest BCUT2D eigenvalue weighted by molar-refractivity contribution is 6.01. The number of nitrogens with one attached hydrogen (secondary N) is 2. The molecule has 5 rings (SSSR count). The van der Waals surface area contributed by atoms with Crippen LogP contribution in [0.5, 0.6) is 0 Å². The molecule has 0 unspecified atom stereocenters. The molecule has 1 aromatic heterocycles. The van der Waals surface area contributed by atoms with E-state index in [-0.39, 0.29) is 12.0 Å². The number of hydrogen-bond acceptors (Lipinski definition) is 5. The van der Waals surface area contributed by atoms with Gasteiger partial charge in [-0.15, -0.1) is 0 Å². The maximum absolute atomic E-state index is 14.8. The molecule has 1 aliphatic rings. The molecular weight excluding hydrogens is 454 g/mol. The number of rotatable bonds is 4. The molecule has 4 aromatic rings. The van der Waals surface area contributed by atoms with Crippen LogP contribution in [0.4, 0.5) is 19.3 Å². The molecule has 0 bridgehead atoms. The largest absolute Gasteiger partial charge is 0.450 e. The van der Waals surface area contributed by atoms with E-state index in [2.05, 4.69) is 20.5 Å². The van der Waals surface area contributed by atoms with E-state index in [0.717, 1.165) is 11.1 Å². The molecule has 9 heteroatoms. The lowest BCUT2D eigenvalue weighted by molar-refractivity contribution is 0.157. The fraction of sp³-hybridized carbons (Fsp3) is 0.154. The summed E-state index contributed by atoms with van der Waals surface area (Å²) in [6.45, 7) is 1.97. The maximum Gasteiger partial charge on any atom is 0.412 e. The molecule has 35 heavy (non-hydrogen) atoms. The Morgan fingerprint density at radius 3 is 2.77 bits per heavy atom.